The van der Waals surface area contributed by atoms with E-state index in [0.29, 0.717) is 0 Å². The first kappa shape index (κ1) is 17.5. The van der Waals surface area contributed by atoms with E-state index in [1.165, 1.54) is 0 Å². The Labute approximate surface area is 106 Å². The molecule has 0 aromatic carbocycles. The van der Waals surface area contributed by atoms with E-state index in [-0.39, 0.29) is 58.3 Å². The van der Waals surface area contributed by atoms with Crippen molar-refractivity contribution in [2.45, 2.75) is 12.5 Å². The van der Waals surface area contributed by atoms with Gasteiger partial charge in [0.15, 0.2) is 6.10 Å². The molecule has 1 atom stereocenters. The van der Waals surface area contributed by atoms with Gasteiger partial charge >= 0.3 is 63.3 Å². The number of aliphatic hydroxyl groups excluding tert-OH is 1. The maximum Gasteiger partial charge on any atom is 1.00 e. The summed E-state index contributed by atoms with van der Waals surface area (Å²) in [5.74, 6) is -2.85. The van der Waals surface area contributed by atoms with E-state index in [9.17, 15) is 9.59 Å². The summed E-state index contributed by atoms with van der Waals surface area (Å²) in [6, 6.07) is 0. The number of carboxylic acid groups (broad SMARTS) is 2. The van der Waals surface area contributed by atoms with Crippen LogP contribution in [0.5, 0.6) is 0 Å². The van der Waals surface area contributed by atoms with Gasteiger partial charge in [-0.25, -0.2) is 4.79 Å². The van der Waals surface area contributed by atoms with Gasteiger partial charge in [0.2, 0.25) is 0 Å². The van der Waals surface area contributed by atoms with Crippen LogP contribution in [-0.4, -0.2) is 38.8 Å². The van der Waals surface area contributed by atoms with Gasteiger partial charge in [0, 0.05) is 0 Å². The van der Waals surface area contributed by atoms with Crippen LogP contribution in [0.25, 0.3) is 0 Å². The molecule has 0 rings (SSSR count). The van der Waals surface area contributed by atoms with Gasteiger partial charge in [0.25, 0.3) is 0 Å². The van der Waals surface area contributed by atoms with Crippen molar-refractivity contribution in [1.82, 2.24) is 0 Å². The van der Waals surface area contributed by atoms with E-state index in [1.807, 2.05) is 0 Å². The van der Waals surface area contributed by atoms with Crippen molar-refractivity contribution in [3.05, 3.63) is 0 Å². The minimum atomic E-state index is -1.79. The molecule has 11 heavy (non-hydrogen) atoms. The first-order chi connectivity index (χ1) is 4.04. The zero-order chi connectivity index (χ0) is 7.44. The van der Waals surface area contributed by atoms with Gasteiger partial charge in [-0.15, -0.1) is 0 Å². The van der Waals surface area contributed by atoms with Crippen molar-refractivity contribution in [2.24, 2.45) is 0 Å². The Morgan fingerprint density at radius 1 is 1.36 bits per heavy atom. The van der Waals surface area contributed by atoms with Crippen molar-refractivity contribution in [2.75, 3.05) is 0 Å². The molecule has 0 saturated carbocycles. The molecular weight excluding hydrogens is 183 g/mol. The maximum absolute atomic E-state index is 9.72. The van der Waals surface area contributed by atoms with E-state index in [1.54, 1.807) is 0 Å². The summed E-state index contributed by atoms with van der Waals surface area (Å²) in [7, 11) is 0. The summed E-state index contributed by atoms with van der Waals surface area (Å²) in [5, 5.41) is 24.1. The standard InChI is InChI=1S/C4H6O5.K.H2O.H/c5-2(4(8)9)1-3(6)7;;;/h2,5H,1H2,(H,6,7)(H,8,9);;1H2;/q;+1;;-1. The molecule has 62 valence electrons. The van der Waals surface area contributed by atoms with Gasteiger partial charge in [0.05, 0.1) is 6.42 Å². The number of carbonyl (C=O) groups is 2. The van der Waals surface area contributed by atoms with E-state index < -0.39 is 24.5 Å². The Morgan fingerprint density at radius 2 is 1.73 bits per heavy atom. The van der Waals surface area contributed by atoms with Gasteiger partial charge in [-0.05, 0) is 0 Å². The molecule has 0 aliphatic heterocycles. The molecule has 0 fully saturated rings. The first-order valence-corrected chi connectivity index (χ1v) is 2.16. The molecule has 0 bridgehead atoms. The zero-order valence-electron chi connectivity index (χ0n) is 6.94. The Morgan fingerprint density at radius 3 is 1.82 bits per heavy atom. The van der Waals surface area contributed by atoms with Crippen LogP contribution in [0, 0.1) is 0 Å². The third kappa shape index (κ3) is 10.5. The summed E-state index contributed by atoms with van der Waals surface area (Å²) in [5.41, 5.74) is 0. The fraction of sp³-hybridized carbons (Fsp3) is 0.500. The van der Waals surface area contributed by atoms with Crippen LogP contribution >= 0.6 is 0 Å². The quantitative estimate of drug-likeness (QED) is 0.387. The molecule has 0 amide bonds. The summed E-state index contributed by atoms with van der Waals surface area (Å²) >= 11 is 0. The van der Waals surface area contributed by atoms with Crippen molar-refractivity contribution in [3.8, 4) is 0 Å². The van der Waals surface area contributed by atoms with Crippen LogP contribution in [0.1, 0.15) is 7.85 Å². The molecule has 0 aliphatic carbocycles. The third-order valence-electron chi connectivity index (χ3n) is 0.653. The fourth-order valence-corrected chi connectivity index (χ4v) is 0.253. The van der Waals surface area contributed by atoms with Crippen LogP contribution in [0.4, 0.5) is 0 Å². The van der Waals surface area contributed by atoms with Crippen molar-refractivity contribution in [3.63, 3.8) is 0 Å². The Bertz CT molecular complexity index is 140. The molecule has 0 aliphatic rings. The monoisotopic (exact) mass is 192 g/mol. The predicted octanol–water partition coefficient (Wildman–Crippen LogP) is -4.80. The normalized spacial score (nSPS) is 10.3. The molecule has 0 saturated heterocycles. The molecule has 0 aromatic heterocycles. The van der Waals surface area contributed by atoms with E-state index in [4.69, 9.17) is 15.3 Å². The van der Waals surface area contributed by atoms with E-state index in [2.05, 4.69) is 0 Å². The van der Waals surface area contributed by atoms with Gasteiger partial charge in [0.1, 0.15) is 0 Å². The topological polar surface area (TPSA) is 126 Å². The second kappa shape index (κ2) is 8.59. The number of rotatable bonds is 3. The summed E-state index contributed by atoms with van der Waals surface area (Å²) < 4.78 is 0. The minimum Gasteiger partial charge on any atom is -1.00 e. The SMILES string of the molecule is O.O=C(O)CC(O)C(=O)O.[H-].[K+]. The van der Waals surface area contributed by atoms with Crippen LogP contribution in [0.15, 0.2) is 0 Å². The maximum atomic E-state index is 9.72. The molecule has 5 N–H and O–H groups in total. The van der Waals surface area contributed by atoms with Crippen molar-refractivity contribution in [1.29, 1.82) is 0 Å². The molecule has 7 heteroatoms. The second-order valence-electron chi connectivity index (χ2n) is 1.45. The van der Waals surface area contributed by atoms with Crippen molar-refractivity contribution >= 4 is 11.9 Å². The first-order valence-electron chi connectivity index (χ1n) is 2.16. The number of hydrogen-bond acceptors (Lipinski definition) is 3. The molecule has 6 nitrogen and oxygen atoms in total. The number of aliphatic hydroxyl groups is 1. The van der Waals surface area contributed by atoms with Gasteiger partial charge < -0.3 is 22.2 Å². The van der Waals surface area contributed by atoms with Gasteiger partial charge in [-0.2, -0.15) is 0 Å². The van der Waals surface area contributed by atoms with Crippen LogP contribution in [-0.2, 0) is 9.59 Å². The van der Waals surface area contributed by atoms with Crippen molar-refractivity contribution < 1.29 is 83.2 Å². The van der Waals surface area contributed by atoms with E-state index >= 15 is 0 Å². The number of hydrogen-bond donors (Lipinski definition) is 3. The summed E-state index contributed by atoms with van der Waals surface area (Å²) in [4.78, 5) is 19.4. The van der Waals surface area contributed by atoms with Gasteiger partial charge in [-0.3, -0.25) is 4.79 Å². The zero-order valence-corrected chi connectivity index (χ0v) is 9.07. The average Bonchev–Trinajstić information content (AvgIpc) is 1.63. The van der Waals surface area contributed by atoms with Gasteiger partial charge in [-0.1, -0.05) is 0 Å². The smallest absolute Gasteiger partial charge is 1.00 e. The molecule has 0 heterocycles. The molecular formula is C4H9KO6. The predicted molar refractivity (Wildman–Crippen MR) is 30.6 cm³/mol. The Balaban J connectivity index is -0.000000107. The molecule has 0 spiro atoms. The third-order valence-corrected chi connectivity index (χ3v) is 0.653. The Hall–Kier alpha value is 0.496. The summed E-state index contributed by atoms with van der Waals surface area (Å²) in [6.45, 7) is 0. The summed E-state index contributed by atoms with van der Waals surface area (Å²) in [6.07, 6.45) is -2.54. The molecule has 0 radical (unpaired) electrons. The van der Waals surface area contributed by atoms with Crippen LogP contribution in [0.3, 0.4) is 0 Å². The molecule has 1 unspecified atom stereocenters. The molecule has 0 aromatic rings. The fourth-order valence-electron chi connectivity index (χ4n) is 0.253. The number of carboxylic acids is 2. The van der Waals surface area contributed by atoms with Crippen LogP contribution < -0.4 is 51.4 Å². The van der Waals surface area contributed by atoms with Crippen LogP contribution in [0.2, 0.25) is 0 Å². The second-order valence-corrected chi connectivity index (χ2v) is 1.45. The number of aliphatic carboxylic acids is 2. The Kier molecular flexibility index (Phi) is 13.7. The largest absolute Gasteiger partial charge is 1.00 e. The minimum absolute atomic E-state index is 0. The average molecular weight is 192 g/mol. The van der Waals surface area contributed by atoms with E-state index in [0.717, 1.165) is 0 Å².